The van der Waals surface area contributed by atoms with E-state index in [2.05, 4.69) is 10.1 Å². The van der Waals surface area contributed by atoms with E-state index in [0.29, 0.717) is 42.5 Å². The number of benzene rings is 1. The van der Waals surface area contributed by atoms with Crippen LogP contribution in [-0.4, -0.2) is 36.0 Å². The van der Waals surface area contributed by atoms with Crippen molar-refractivity contribution in [2.75, 3.05) is 13.1 Å². The Labute approximate surface area is 130 Å². The van der Waals surface area contributed by atoms with Crippen LogP contribution in [0, 0.1) is 6.92 Å². The number of nitrogens with zero attached hydrogens (tertiary/aromatic N) is 3. The van der Waals surface area contributed by atoms with Crippen LogP contribution in [0.3, 0.4) is 0 Å². The molecule has 22 heavy (non-hydrogen) atoms. The SMILES string of the molecule is CCc1ccccc1S(=O)(=O)N1CC[C@@H](c2nc(C)no2)C1. The first kappa shape index (κ1) is 15.2. The zero-order valence-electron chi connectivity index (χ0n) is 12.7. The predicted molar refractivity (Wildman–Crippen MR) is 81.0 cm³/mol. The van der Waals surface area contributed by atoms with Gasteiger partial charge in [0.1, 0.15) is 0 Å². The van der Waals surface area contributed by atoms with Crippen molar-refractivity contribution in [2.24, 2.45) is 0 Å². The quantitative estimate of drug-likeness (QED) is 0.862. The van der Waals surface area contributed by atoms with E-state index in [1.54, 1.807) is 19.1 Å². The molecule has 2 aromatic rings. The molecule has 1 saturated heterocycles. The Bertz CT molecular complexity index is 770. The van der Waals surface area contributed by atoms with E-state index in [-0.39, 0.29) is 5.92 Å². The summed E-state index contributed by atoms with van der Waals surface area (Å²) >= 11 is 0. The lowest BCUT2D eigenvalue weighted by Gasteiger charge is -2.18. The van der Waals surface area contributed by atoms with E-state index in [0.717, 1.165) is 5.56 Å². The number of sulfonamides is 1. The lowest BCUT2D eigenvalue weighted by molar-refractivity contribution is 0.351. The lowest BCUT2D eigenvalue weighted by Crippen LogP contribution is -2.29. The summed E-state index contributed by atoms with van der Waals surface area (Å²) in [7, 11) is -3.47. The van der Waals surface area contributed by atoms with Crippen LogP contribution in [0.25, 0.3) is 0 Å². The van der Waals surface area contributed by atoms with Gasteiger partial charge in [-0.15, -0.1) is 0 Å². The molecule has 3 rings (SSSR count). The van der Waals surface area contributed by atoms with Crippen LogP contribution in [0.15, 0.2) is 33.7 Å². The van der Waals surface area contributed by atoms with Crippen molar-refractivity contribution in [1.82, 2.24) is 14.4 Å². The molecule has 2 heterocycles. The minimum absolute atomic E-state index is 0.0234. The van der Waals surface area contributed by atoms with Crippen molar-refractivity contribution in [2.45, 2.75) is 37.5 Å². The highest BCUT2D eigenvalue weighted by Crippen LogP contribution is 2.31. The third-order valence-electron chi connectivity index (χ3n) is 4.01. The summed E-state index contributed by atoms with van der Waals surface area (Å²) < 4.78 is 32.4. The van der Waals surface area contributed by atoms with Gasteiger partial charge in [0, 0.05) is 13.1 Å². The number of aryl methyl sites for hydroxylation is 2. The molecule has 0 saturated carbocycles. The van der Waals surface area contributed by atoms with Gasteiger partial charge in [0.15, 0.2) is 5.82 Å². The molecule has 0 N–H and O–H groups in total. The highest BCUT2D eigenvalue weighted by atomic mass is 32.2. The van der Waals surface area contributed by atoms with Gasteiger partial charge in [-0.3, -0.25) is 0 Å². The minimum atomic E-state index is -3.47. The molecule has 1 atom stereocenters. The molecule has 0 amide bonds. The van der Waals surface area contributed by atoms with Gasteiger partial charge >= 0.3 is 0 Å². The topological polar surface area (TPSA) is 76.3 Å². The first-order valence-corrected chi connectivity index (χ1v) is 8.84. The third kappa shape index (κ3) is 2.66. The maximum Gasteiger partial charge on any atom is 0.243 e. The molecule has 1 fully saturated rings. The molecule has 0 bridgehead atoms. The maximum atomic E-state index is 12.9. The third-order valence-corrected chi connectivity index (χ3v) is 5.98. The fourth-order valence-corrected chi connectivity index (χ4v) is 4.61. The van der Waals surface area contributed by atoms with Gasteiger partial charge in [0.2, 0.25) is 15.9 Å². The number of rotatable bonds is 4. The van der Waals surface area contributed by atoms with E-state index in [1.165, 1.54) is 4.31 Å². The van der Waals surface area contributed by atoms with Crippen LogP contribution in [0.1, 0.15) is 36.5 Å². The molecule has 0 spiro atoms. The van der Waals surface area contributed by atoms with E-state index in [1.807, 2.05) is 19.1 Å². The van der Waals surface area contributed by atoms with Crippen LogP contribution >= 0.6 is 0 Å². The molecular formula is C15H19N3O3S. The smallest absolute Gasteiger partial charge is 0.243 e. The van der Waals surface area contributed by atoms with Gasteiger partial charge in [-0.1, -0.05) is 30.3 Å². The van der Waals surface area contributed by atoms with Gasteiger partial charge in [-0.2, -0.15) is 9.29 Å². The largest absolute Gasteiger partial charge is 0.339 e. The van der Waals surface area contributed by atoms with Crippen LogP contribution in [0.5, 0.6) is 0 Å². The Kier molecular flexibility index (Phi) is 4.01. The fraction of sp³-hybridized carbons (Fsp3) is 0.467. The molecule has 1 aromatic heterocycles. The molecule has 1 aromatic carbocycles. The normalized spacial score (nSPS) is 19.6. The van der Waals surface area contributed by atoms with Crippen molar-refractivity contribution in [3.8, 4) is 0 Å². The van der Waals surface area contributed by atoms with Crippen LogP contribution in [0.4, 0.5) is 0 Å². The summed E-state index contributed by atoms with van der Waals surface area (Å²) in [5.74, 6) is 1.08. The van der Waals surface area contributed by atoms with Gasteiger partial charge in [-0.25, -0.2) is 8.42 Å². The molecule has 118 valence electrons. The monoisotopic (exact) mass is 321 g/mol. The zero-order chi connectivity index (χ0) is 15.7. The average molecular weight is 321 g/mol. The van der Waals surface area contributed by atoms with Gasteiger partial charge in [-0.05, 0) is 31.4 Å². The highest BCUT2D eigenvalue weighted by molar-refractivity contribution is 7.89. The van der Waals surface area contributed by atoms with E-state index >= 15 is 0 Å². The van der Waals surface area contributed by atoms with Crippen molar-refractivity contribution in [3.63, 3.8) is 0 Å². The number of hydrogen-bond donors (Lipinski definition) is 0. The summed E-state index contributed by atoms with van der Waals surface area (Å²) in [4.78, 5) is 4.62. The number of aromatic nitrogens is 2. The Morgan fingerprint density at radius 1 is 1.36 bits per heavy atom. The summed E-state index contributed by atoms with van der Waals surface area (Å²) in [5, 5.41) is 3.78. The van der Waals surface area contributed by atoms with E-state index < -0.39 is 10.0 Å². The second kappa shape index (κ2) is 5.81. The average Bonchev–Trinajstić information content (AvgIpc) is 3.16. The second-order valence-electron chi connectivity index (χ2n) is 5.49. The van der Waals surface area contributed by atoms with Gasteiger partial charge < -0.3 is 4.52 Å². The second-order valence-corrected chi connectivity index (χ2v) is 7.40. The van der Waals surface area contributed by atoms with Crippen LogP contribution < -0.4 is 0 Å². The summed E-state index contributed by atoms with van der Waals surface area (Å²) in [5.41, 5.74) is 0.847. The van der Waals surface area contributed by atoms with Gasteiger partial charge in [0.25, 0.3) is 0 Å². The molecule has 6 nitrogen and oxygen atoms in total. The Hall–Kier alpha value is -1.73. The summed E-state index contributed by atoms with van der Waals surface area (Å²) in [6.45, 7) is 4.59. The number of hydrogen-bond acceptors (Lipinski definition) is 5. The van der Waals surface area contributed by atoms with Crippen molar-refractivity contribution in [1.29, 1.82) is 0 Å². The fourth-order valence-electron chi connectivity index (χ4n) is 2.81. The first-order valence-electron chi connectivity index (χ1n) is 7.40. The summed E-state index contributed by atoms with van der Waals surface area (Å²) in [6, 6.07) is 7.17. The van der Waals surface area contributed by atoms with Crippen molar-refractivity contribution in [3.05, 3.63) is 41.5 Å². The van der Waals surface area contributed by atoms with Crippen molar-refractivity contribution >= 4 is 10.0 Å². The van der Waals surface area contributed by atoms with Crippen LogP contribution in [0.2, 0.25) is 0 Å². The molecule has 1 aliphatic rings. The van der Waals surface area contributed by atoms with E-state index in [4.69, 9.17) is 4.52 Å². The minimum Gasteiger partial charge on any atom is -0.339 e. The first-order chi connectivity index (χ1) is 10.5. The summed E-state index contributed by atoms with van der Waals surface area (Å²) in [6.07, 6.45) is 1.39. The Balaban J connectivity index is 1.85. The highest BCUT2D eigenvalue weighted by Gasteiger charge is 2.36. The Morgan fingerprint density at radius 2 is 2.14 bits per heavy atom. The predicted octanol–water partition coefficient (Wildman–Crippen LogP) is 2.12. The molecule has 0 unspecified atom stereocenters. The standard InChI is InChI=1S/C15H19N3O3S/c1-3-12-6-4-5-7-14(12)22(19,20)18-9-8-13(10-18)15-16-11(2)17-21-15/h4-7,13H,3,8-10H2,1-2H3/t13-/m1/s1. The molecular weight excluding hydrogens is 302 g/mol. The molecule has 7 heteroatoms. The van der Waals surface area contributed by atoms with Gasteiger partial charge in [0.05, 0.1) is 10.8 Å². The Morgan fingerprint density at radius 3 is 2.82 bits per heavy atom. The molecule has 0 aliphatic carbocycles. The van der Waals surface area contributed by atoms with Crippen LogP contribution in [-0.2, 0) is 16.4 Å². The maximum absolute atomic E-state index is 12.9. The van der Waals surface area contributed by atoms with E-state index in [9.17, 15) is 8.42 Å². The zero-order valence-corrected chi connectivity index (χ0v) is 13.5. The van der Waals surface area contributed by atoms with Crippen molar-refractivity contribution < 1.29 is 12.9 Å². The molecule has 1 aliphatic heterocycles. The molecule has 0 radical (unpaired) electrons. The lowest BCUT2D eigenvalue weighted by atomic mass is 10.1.